The summed E-state index contributed by atoms with van der Waals surface area (Å²) in [6.45, 7) is 0. The van der Waals surface area contributed by atoms with Crippen LogP contribution in [0.5, 0.6) is 11.5 Å². The van der Waals surface area contributed by atoms with Crippen molar-refractivity contribution in [3.8, 4) is 11.5 Å². The second-order valence-corrected chi connectivity index (χ2v) is 7.69. The first-order chi connectivity index (χ1) is 13.1. The SMILES string of the molecule is O=C1C=C[C@H](O)[C@@]23[18O][C@@]12C1(Oc2cccc4cccc(c24)O1)[C@@H]1[18O][C@@H]1[C@@H]3O. The van der Waals surface area contributed by atoms with Gasteiger partial charge in [0, 0.05) is 0 Å². The van der Waals surface area contributed by atoms with Crippen molar-refractivity contribution in [3.05, 3.63) is 48.6 Å². The monoisotopic (exact) mass is 370 g/mol. The molecule has 1 saturated carbocycles. The number of ether oxygens (including phenoxy) is 4. The topological polar surface area (TPSA) is 101 Å². The molecule has 2 saturated heterocycles. The molecule has 5 aliphatic rings. The van der Waals surface area contributed by atoms with Gasteiger partial charge in [-0.3, -0.25) is 4.79 Å². The molecule has 27 heavy (non-hydrogen) atoms. The number of rotatable bonds is 0. The quantitative estimate of drug-likeness (QED) is 0.513. The number of carbonyl (C=O) groups excluding carboxylic acids is 1. The maximum absolute atomic E-state index is 13.0. The summed E-state index contributed by atoms with van der Waals surface area (Å²) in [6.07, 6.45) is -1.05. The van der Waals surface area contributed by atoms with Gasteiger partial charge in [0.15, 0.2) is 17.5 Å². The van der Waals surface area contributed by atoms with Gasteiger partial charge < -0.3 is 29.2 Å². The van der Waals surface area contributed by atoms with Crippen LogP contribution >= 0.6 is 0 Å². The van der Waals surface area contributed by atoms with E-state index < -0.39 is 47.2 Å². The largest absolute Gasteiger partial charge is 0.446 e. The van der Waals surface area contributed by atoms with Crippen molar-refractivity contribution in [1.82, 2.24) is 0 Å². The lowest BCUT2D eigenvalue weighted by Gasteiger charge is -2.45. The van der Waals surface area contributed by atoms with E-state index in [1.165, 1.54) is 12.2 Å². The van der Waals surface area contributed by atoms with Crippen LogP contribution in [0.4, 0.5) is 0 Å². The average Bonchev–Trinajstić information content (AvgIpc) is 3.57. The molecule has 3 aliphatic heterocycles. The highest BCUT2D eigenvalue weighted by atomic mass is 18.4. The summed E-state index contributed by atoms with van der Waals surface area (Å²) in [5.74, 6) is -0.916. The summed E-state index contributed by atoms with van der Waals surface area (Å²) < 4.78 is 24.2. The number of carbonyl (C=O) groups is 1. The van der Waals surface area contributed by atoms with Gasteiger partial charge in [-0.05, 0) is 29.7 Å². The van der Waals surface area contributed by atoms with Crippen LogP contribution in [-0.2, 0) is 14.3 Å². The van der Waals surface area contributed by atoms with E-state index in [9.17, 15) is 15.0 Å². The van der Waals surface area contributed by atoms with Crippen molar-refractivity contribution < 1.29 is 34.0 Å². The zero-order chi connectivity index (χ0) is 18.2. The molecule has 0 amide bonds. The first-order valence-electron chi connectivity index (χ1n) is 8.89. The second kappa shape index (κ2) is 4.02. The first-order valence-corrected chi connectivity index (χ1v) is 8.89. The van der Waals surface area contributed by atoms with Crippen molar-refractivity contribution in [1.29, 1.82) is 0 Å². The van der Waals surface area contributed by atoms with Crippen LogP contribution in [0.2, 0.25) is 0 Å². The fourth-order valence-corrected chi connectivity index (χ4v) is 5.30. The first kappa shape index (κ1) is 14.6. The second-order valence-electron chi connectivity index (χ2n) is 7.69. The number of hydrogen-bond donors (Lipinski definition) is 2. The third-order valence-electron chi connectivity index (χ3n) is 6.54. The predicted molar refractivity (Wildman–Crippen MR) is 89.3 cm³/mol. The van der Waals surface area contributed by atoms with E-state index in [4.69, 9.17) is 18.9 Å². The molecule has 0 radical (unpaired) electrons. The van der Waals surface area contributed by atoms with E-state index in [-0.39, 0.29) is 0 Å². The Morgan fingerprint density at radius 2 is 1.74 bits per heavy atom. The normalized spacial score (nSPS) is 44.0. The molecular formula is C20H14O7. The number of aliphatic hydroxyl groups excluding tert-OH is 2. The molecule has 136 valence electrons. The minimum Gasteiger partial charge on any atom is -0.446 e. The van der Waals surface area contributed by atoms with Crippen LogP contribution in [0, 0.1) is 0 Å². The summed E-state index contributed by atoms with van der Waals surface area (Å²) in [7, 11) is 0. The molecule has 1 spiro atoms. The fourth-order valence-electron chi connectivity index (χ4n) is 5.30. The lowest BCUT2D eigenvalue weighted by atomic mass is 9.66. The van der Waals surface area contributed by atoms with Crippen LogP contribution < -0.4 is 9.47 Å². The maximum Gasteiger partial charge on any atom is 0.320 e. The highest BCUT2D eigenvalue weighted by molar-refractivity contribution is 6.05. The van der Waals surface area contributed by atoms with Crippen LogP contribution in [0.25, 0.3) is 10.8 Å². The zero-order valence-electron chi connectivity index (χ0n) is 13.9. The molecule has 7 rings (SSSR count). The van der Waals surface area contributed by atoms with Gasteiger partial charge in [0.05, 0.1) is 5.39 Å². The maximum atomic E-state index is 13.0. The molecule has 3 heterocycles. The van der Waals surface area contributed by atoms with Crippen molar-refractivity contribution in [3.63, 3.8) is 0 Å². The van der Waals surface area contributed by atoms with Gasteiger partial charge in [0.2, 0.25) is 5.60 Å². The Labute approximate surface area is 152 Å². The summed E-state index contributed by atoms with van der Waals surface area (Å²) >= 11 is 0. The Morgan fingerprint density at radius 1 is 1.04 bits per heavy atom. The molecule has 7 nitrogen and oxygen atoms in total. The highest BCUT2D eigenvalue weighted by Gasteiger charge is 2.99. The third-order valence-corrected chi connectivity index (χ3v) is 6.54. The molecule has 0 unspecified atom stereocenters. The van der Waals surface area contributed by atoms with Gasteiger partial charge in [0.25, 0.3) is 0 Å². The predicted octanol–water partition coefficient (Wildman–Crippen LogP) is 0.457. The van der Waals surface area contributed by atoms with Crippen molar-refractivity contribution in [2.45, 2.75) is 41.4 Å². The van der Waals surface area contributed by atoms with E-state index >= 15 is 0 Å². The van der Waals surface area contributed by atoms with Crippen LogP contribution in [-0.4, -0.2) is 57.4 Å². The average molecular weight is 370 g/mol. The van der Waals surface area contributed by atoms with Crippen molar-refractivity contribution >= 4 is 16.6 Å². The Morgan fingerprint density at radius 3 is 2.44 bits per heavy atom. The van der Waals surface area contributed by atoms with Crippen molar-refractivity contribution in [2.75, 3.05) is 0 Å². The number of aliphatic hydroxyl groups is 2. The van der Waals surface area contributed by atoms with Gasteiger partial charge in [-0.15, -0.1) is 0 Å². The summed E-state index contributed by atoms with van der Waals surface area (Å²) in [4.78, 5) is 13.0. The van der Waals surface area contributed by atoms with Crippen LogP contribution in [0.1, 0.15) is 0 Å². The lowest BCUT2D eigenvalue weighted by Crippen LogP contribution is -2.73. The van der Waals surface area contributed by atoms with Crippen LogP contribution in [0.15, 0.2) is 48.6 Å². The van der Waals surface area contributed by atoms with E-state index in [2.05, 4.69) is 0 Å². The van der Waals surface area contributed by atoms with E-state index in [0.717, 1.165) is 10.8 Å². The van der Waals surface area contributed by atoms with Gasteiger partial charge in [-0.2, -0.15) is 0 Å². The number of ketones is 1. The standard InChI is InChI=1S/C20H14O7/c21-12-7-8-13(22)19-18(12,27-19)16(23)15-17(24-15)20(19)25-10-5-1-3-9-4-2-6-11(26-20)14(9)10/h1-8,12,15-17,21,23H/t12-,15+,16-,17+,18-,19-/m0/s1/i24+2,27+2. The minimum atomic E-state index is -1.67. The Hall–Kier alpha value is -2.45. The number of epoxide rings is 2. The Kier molecular flexibility index (Phi) is 2.17. The molecule has 2 aromatic carbocycles. The number of benzene rings is 2. The molecule has 2 aliphatic carbocycles. The van der Waals surface area contributed by atoms with Gasteiger partial charge in [0.1, 0.15) is 29.8 Å². The molecular weight excluding hydrogens is 356 g/mol. The Bertz CT molecular complexity index is 1050. The number of fused-ring (bicyclic) bond motifs is 2. The van der Waals surface area contributed by atoms with Crippen molar-refractivity contribution in [2.24, 2.45) is 0 Å². The summed E-state index contributed by atoms with van der Waals surface area (Å²) in [5.41, 5.74) is -3.20. The molecule has 0 aromatic heterocycles. The number of hydrogen-bond acceptors (Lipinski definition) is 7. The van der Waals surface area contributed by atoms with E-state index in [1.54, 1.807) is 12.1 Å². The van der Waals surface area contributed by atoms with Gasteiger partial charge in [-0.1, -0.05) is 24.3 Å². The molecule has 2 aromatic rings. The smallest absolute Gasteiger partial charge is 0.320 e. The zero-order valence-corrected chi connectivity index (χ0v) is 13.9. The summed E-state index contributed by atoms with van der Waals surface area (Å²) in [6, 6.07) is 11.2. The molecule has 3 fully saturated rings. The fraction of sp³-hybridized carbons (Fsp3) is 0.350. The molecule has 6 atom stereocenters. The molecule has 7 heteroatoms. The minimum absolute atomic E-state index is 0.410. The van der Waals surface area contributed by atoms with Crippen LogP contribution in [0.3, 0.4) is 0 Å². The Balaban J connectivity index is 1.50. The van der Waals surface area contributed by atoms with E-state index in [0.29, 0.717) is 11.5 Å². The highest BCUT2D eigenvalue weighted by Crippen LogP contribution is 2.71. The lowest BCUT2D eigenvalue weighted by molar-refractivity contribution is -0.191. The molecule has 0 bridgehead atoms. The summed E-state index contributed by atoms with van der Waals surface area (Å²) in [5, 5.41) is 23.1. The van der Waals surface area contributed by atoms with Gasteiger partial charge in [-0.25, -0.2) is 0 Å². The van der Waals surface area contributed by atoms with Gasteiger partial charge >= 0.3 is 5.79 Å². The third kappa shape index (κ3) is 1.28. The van der Waals surface area contributed by atoms with E-state index in [1.807, 2.05) is 24.3 Å². The molecule has 2 N–H and O–H groups in total.